The van der Waals surface area contributed by atoms with Gasteiger partial charge in [-0.3, -0.25) is 9.59 Å². The lowest BCUT2D eigenvalue weighted by Gasteiger charge is -2.16. The lowest BCUT2D eigenvalue weighted by Crippen LogP contribution is -2.29. The number of carbonyl (C=O) groups is 2. The van der Waals surface area contributed by atoms with Crippen LogP contribution in [0.1, 0.15) is 39.4 Å². The van der Waals surface area contributed by atoms with Crippen LogP contribution < -0.4 is 10.1 Å². The van der Waals surface area contributed by atoms with Crippen molar-refractivity contribution in [3.05, 3.63) is 77.4 Å². The number of likely N-dealkylation sites (N-methyl/N-ethyl adjacent to an activating group) is 1. The molecule has 1 aromatic heterocycles. The normalized spacial score (nSPS) is 10.5. The molecule has 156 valence electrons. The van der Waals surface area contributed by atoms with Gasteiger partial charge < -0.3 is 19.5 Å². The maximum Gasteiger partial charge on any atom is 0.315 e. The second-order valence-corrected chi connectivity index (χ2v) is 6.62. The van der Waals surface area contributed by atoms with Gasteiger partial charge in [-0.2, -0.15) is 4.98 Å². The molecule has 0 aliphatic heterocycles. The summed E-state index contributed by atoms with van der Waals surface area (Å²) in [7, 11) is 1.70. The molecular weight excluding hydrogens is 384 g/mol. The van der Waals surface area contributed by atoms with Gasteiger partial charge in [0.15, 0.2) is 5.82 Å². The van der Waals surface area contributed by atoms with Gasteiger partial charge in [-0.15, -0.1) is 0 Å². The number of hydrogen-bond donors (Lipinski definition) is 1. The molecule has 0 bridgehead atoms. The van der Waals surface area contributed by atoms with Gasteiger partial charge in [0.05, 0.1) is 6.61 Å². The Hall–Kier alpha value is -3.68. The van der Waals surface area contributed by atoms with Crippen LogP contribution in [0.2, 0.25) is 0 Å². The highest BCUT2D eigenvalue weighted by molar-refractivity contribution is 5.94. The van der Waals surface area contributed by atoms with Crippen LogP contribution in [0, 0.1) is 0 Å². The Balaban J connectivity index is 1.49. The third kappa shape index (κ3) is 5.66. The molecule has 0 fully saturated rings. The van der Waals surface area contributed by atoms with Crippen molar-refractivity contribution in [3.63, 3.8) is 0 Å². The minimum Gasteiger partial charge on any atom is -0.494 e. The van der Waals surface area contributed by atoms with Gasteiger partial charge in [-0.05, 0) is 36.8 Å². The number of nitrogens with one attached hydrogen (secondary N) is 1. The SMILES string of the molecule is CCOc1ccc(C(=O)N(C)CCc2noc(C(=O)NCc3ccccc3)n2)cc1. The quantitative estimate of drug-likeness (QED) is 0.585. The van der Waals surface area contributed by atoms with Crippen molar-refractivity contribution in [2.24, 2.45) is 0 Å². The van der Waals surface area contributed by atoms with Crippen LogP contribution in [0.3, 0.4) is 0 Å². The highest BCUT2D eigenvalue weighted by atomic mass is 16.5. The monoisotopic (exact) mass is 408 g/mol. The van der Waals surface area contributed by atoms with E-state index in [0.29, 0.717) is 37.5 Å². The lowest BCUT2D eigenvalue weighted by atomic mass is 10.2. The number of rotatable bonds is 9. The molecule has 30 heavy (non-hydrogen) atoms. The van der Waals surface area contributed by atoms with Crippen LogP contribution in [-0.4, -0.2) is 47.1 Å². The molecule has 1 heterocycles. The summed E-state index contributed by atoms with van der Waals surface area (Å²) in [5, 5.41) is 6.56. The number of hydrogen-bond acceptors (Lipinski definition) is 6. The maximum absolute atomic E-state index is 12.5. The van der Waals surface area contributed by atoms with Crippen LogP contribution in [0.5, 0.6) is 5.75 Å². The van der Waals surface area contributed by atoms with E-state index in [1.54, 1.807) is 36.2 Å². The van der Waals surface area contributed by atoms with Crippen molar-refractivity contribution in [3.8, 4) is 5.75 Å². The van der Waals surface area contributed by atoms with Crippen molar-refractivity contribution in [1.82, 2.24) is 20.4 Å². The Labute approximate surface area is 174 Å². The summed E-state index contributed by atoms with van der Waals surface area (Å²) in [4.78, 5) is 30.4. The maximum atomic E-state index is 12.5. The van der Waals surface area contributed by atoms with E-state index in [1.165, 1.54) is 0 Å². The number of carbonyl (C=O) groups excluding carboxylic acids is 2. The fraction of sp³-hybridized carbons (Fsp3) is 0.273. The lowest BCUT2D eigenvalue weighted by molar-refractivity contribution is 0.0795. The molecule has 2 amide bonds. The van der Waals surface area contributed by atoms with E-state index < -0.39 is 5.91 Å². The van der Waals surface area contributed by atoms with Crippen molar-refractivity contribution < 1.29 is 18.8 Å². The molecule has 2 aromatic carbocycles. The van der Waals surface area contributed by atoms with Crippen molar-refractivity contribution in [2.75, 3.05) is 20.2 Å². The summed E-state index contributed by atoms with van der Waals surface area (Å²) in [6.45, 7) is 3.24. The van der Waals surface area contributed by atoms with Crippen LogP contribution in [0.4, 0.5) is 0 Å². The first-order chi connectivity index (χ1) is 14.6. The van der Waals surface area contributed by atoms with E-state index >= 15 is 0 Å². The van der Waals surface area contributed by atoms with Gasteiger partial charge in [-0.1, -0.05) is 35.5 Å². The Morgan fingerprint density at radius 1 is 1.10 bits per heavy atom. The van der Waals surface area contributed by atoms with E-state index in [4.69, 9.17) is 9.26 Å². The Bertz CT molecular complexity index is 970. The van der Waals surface area contributed by atoms with Crippen LogP contribution in [0.15, 0.2) is 59.1 Å². The molecule has 0 saturated heterocycles. The van der Waals surface area contributed by atoms with E-state index in [9.17, 15) is 9.59 Å². The van der Waals surface area contributed by atoms with Crippen LogP contribution in [0.25, 0.3) is 0 Å². The summed E-state index contributed by atoms with van der Waals surface area (Å²) in [6.07, 6.45) is 0.370. The second kappa shape index (κ2) is 10.2. The first kappa shape index (κ1) is 21.0. The Morgan fingerprint density at radius 2 is 1.83 bits per heavy atom. The molecule has 0 atom stereocenters. The van der Waals surface area contributed by atoms with Gasteiger partial charge in [0.25, 0.3) is 5.91 Å². The van der Waals surface area contributed by atoms with Crippen LogP contribution >= 0.6 is 0 Å². The summed E-state index contributed by atoms with van der Waals surface area (Å²) < 4.78 is 10.4. The van der Waals surface area contributed by atoms with Gasteiger partial charge in [0.1, 0.15) is 5.75 Å². The highest BCUT2D eigenvalue weighted by Gasteiger charge is 2.17. The third-order valence-electron chi connectivity index (χ3n) is 4.39. The van der Waals surface area contributed by atoms with Crippen molar-refractivity contribution >= 4 is 11.8 Å². The average Bonchev–Trinajstić information content (AvgIpc) is 3.26. The van der Waals surface area contributed by atoms with E-state index in [1.807, 2.05) is 37.3 Å². The second-order valence-electron chi connectivity index (χ2n) is 6.62. The standard InChI is InChI=1S/C22H24N4O4/c1-3-29-18-11-9-17(10-12-18)22(28)26(2)14-13-19-24-21(30-25-19)20(27)23-15-16-7-5-4-6-8-16/h4-12H,3,13-15H2,1-2H3,(H,23,27). The molecule has 0 unspecified atom stereocenters. The average molecular weight is 408 g/mol. The van der Waals surface area contributed by atoms with E-state index in [-0.39, 0.29) is 11.8 Å². The number of ether oxygens (including phenoxy) is 1. The number of nitrogens with zero attached hydrogens (tertiary/aromatic N) is 3. The molecule has 8 heteroatoms. The summed E-state index contributed by atoms with van der Waals surface area (Å²) in [6, 6.07) is 16.5. The smallest absolute Gasteiger partial charge is 0.315 e. The molecular formula is C22H24N4O4. The minimum atomic E-state index is -0.434. The van der Waals surface area contributed by atoms with Gasteiger partial charge in [-0.25, -0.2) is 0 Å². The predicted octanol–water partition coefficient (Wildman–Crippen LogP) is 2.71. The molecule has 0 spiro atoms. The zero-order chi connectivity index (χ0) is 21.3. The zero-order valence-electron chi connectivity index (χ0n) is 17.0. The fourth-order valence-corrected chi connectivity index (χ4v) is 2.75. The molecule has 0 aliphatic rings. The summed E-state index contributed by atoms with van der Waals surface area (Å²) in [5.74, 6) is 0.438. The Morgan fingerprint density at radius 3 is 2.53 bits per heavy atom. The molecule has 0 radical (unpaired) electrons. The van der Waals surface area contributed by atoms with Crippen molar-refractivity contribution in [2.45, 2.75) is 19.9 Å². The molecule has 0 saturated carbocycles. The number of benzene rings is 2. The highest BCUT2D eigenvalue weighted by Crippen LogP contribution is 2.13. The molecule has 3 aromatic rings. The fourth-order valence-electron chi connectivity index (χ4n) is 2.75. The van der Waals surface area contributed by atoms with Crippen LogP contribution in [-0.2, 0) is 13.0 Å². The molecule has 3 rings (SSSR count). The van der Waals surface area contributed by atoms with Gasteiger partial charge >= 0.3 is 11.8 Å². The summed E-state index contributed by atoms with van der Waals surface area (Å²) in [5.41, 5.74) is 1.54. The van der Waals surface area contributed by atoms with E-state index in [0.717, 1.165) is 11.3 Å². The summed E-state index contributed by atoms with van der Waals surface area (Å²) >= 11 is 0. The first-order valence-electron chi connectivity index (χ1n) is 9.70. The molecule has 0 aliphatic carbocycles. The van der Waals surface area contributed by atoms with E-state index in [2.05, 4.69) is 15.5 Å². The largest absolute Gasteiger partial charge is 0.494 e. The topological polar surface area (TPSA) is 97.6 Å². The molecule has 8 nitrogen and oxygen atoms in total. The Kier molecular flexibility index (Phi) is 7.15. The predicted molar refractivity (Wildman–Crippen MR) is 110 cm³/mol. The van der Waals surface area contributed by atoms with Crippen molar-refractivity contribution in [1.29, 1.82) is 0 Å². The van der Waals surface area contributed by atoms with Gasteiger partial charge in [0, 0.05) is 32.1 Å². The third-order valence-corrected chi connectivity index (χ3v) is 4.39. The first-order valence-corrected chi connectivity index (χ1v) is 9.70. The zero-order valence-corrected chi connectivity index (χ0v) is 17.0. The minimum absolute atomic E-state index is 0.0959. The number of aromatic nitrogens is 2. The van der Waals surface area contributed by atoms with Gasteiger partial charge in [0.2, 0.25) is 0 Å². The number of amides is 2. The molecule has 1 N–H and O–H groups in total.